The number of nitrogens with zero attached hydrogens (tertiary/aromatic N) is 1. The lowest BCUT2D eigenvalue weighted by Crippen LogP contribution is -2.33. The third-order valence-corrected chi connectivity index (χ3v) is 9.96. The lowest BCUT2D eigenvalue weighted by atomic mass is 9.69. The average Bonchev–Trinajstić information content (AvgIpc) is 3.44. The molecule has 5 aliphatic rings. The van der Waals surface area contributed by atoms with Gasteiger partial charge >= 0.3 is 0 Å². The fraction of sp³-hybridized carbons (Fsp3) is 0.633. The van der Waals surface area contributed by atoms with Crippen molar-refractivity contribution in [3.63, 3.8) is 0 Å². The van der Waals surface area contributed by atoms with Crippen molar-refractivity contribution in [2.75, 3.05) is 13.6 Å². The molecule has 36 heavy (non-hydrogen) atoms. The largest absolute Gasteiger partial charge is 0.507 e. The number of aliphatic hydroxyl groups is 1. The van der Waals surface area contributed by atoms with Crippen molar-refractivity contribution in [1.82, 2.24) is 10.2 Å². The van der Waals surface area contributed by atoms with Gasteiger partial charge in [0.05, 0.1) is 6.04 Å². The van der Waals surface area contributed by atoms with Crippen LogP contribution in [0.2, 0.25) is 0 Å². The molecule has 6 nitrogen and oxygen atoms in total. The van der Waals surface area contributed by atoms with Gasteiger partial charge in [0.2, 0.25) is 5.91 Å². The molecular weight excluding hydrogens is 452 g/mol. The summed E-state index contributed by atoms with van der Waals surface area (Å²) in [5.74, 6) is 3.30. The number of ketones is 1. The second-order valence-corrected chi connectivity index (χ2v) is 11.7. The number of amides is 2. The molecule has 0 radical (unpaired) electrons. The molecule has 2 saturated carbocycles. The van der Waals surface area contributed by atoms with E-state index in [1.54, 1.807) is 19.2 Å². The van der Waals surface area contributed by atoms with E-state index in [2.05, 4.69) is 31.3 Å². The molecule has 1 saturated heterocycles. The van der Waals surface area contributed by atoms with Gasteiger partial charge in [-0.25, -0.2) is 0 Å². The zero-order chi connectivity index (χ0) is 25.6. The van der Waals surface area contributed by atoms with Crippen molar-refractivity contribution < 1.29 is 19.5 Å². The first-order valence-corrected chi connectivity index (χ1v) is 13.9. The minimum absolute atomic E-state index is 0.0999. The van der Waals surface area contributed by atoms with E-state index in [9.17, 15) is 19.5 Å². The van der Waals surface area contributed by atoms with Gasteiger partial charge in [0.15, 0.2) is 5.78 Å². The Labute approximate surface area is 214 Å². The Kier molecular flexibility index (Phi) is 6.97. The number of likely N-dealkylation sites (N-methyl/N-ethyl adjacent to an activating group) is 1. The molecular formula is C30H40N2O4. The normalized spacial score (nSPS) is 44.7. The first kappa shape index (κ1) is 25.0. The topological polar surface area (TPSA) is 86.7 Å². The van der Waals surface area contributed by atoms with Crippen LogP contribution < -0.4 is 5.32 Å². The number of carbonyl (C=O) groups is 3. The molecule has 6 heteroatoms. The lowest BCUT2D eigenvalue weighted by molar-refractivity contribution is -0.125. The van der Waals surface area contributed by atoms with Crippen molar-refractivity contribution in [2.24, 2.45) is 47.3 Å². The maximum Gasteiger partial charge on any atom is 0.261 e. The van der Waals surface area contributed by atoms with E-state index in [1.165, 1.54) is 17.7 Å². The fourth-order valence-corrected chi connectivity index (χ4v) is 8.21. The third kappa shape index (κ3) is 4.26. The average molecular weight is 493 g/mol. The number of nitrogens with one attached hydrogen (secondary N) is 1. The Bertz CT molecular complexity index is 1040. The monoisotopic (exact) mass is 492 g/mol. The Morgan fingerprint density at radius 2 is 1.78 bits per heavy atom. The molecule has 5 rings (SSSR count). The van der Waals surface area contributed by atoms with Crippen LogP contribution in [0, 0.1) is 47.3 Å². The van der Waals surface area contributed by atoms with Crippen LogP contribution in [0.1, 0.15) is 52.4 Å². The highest BCUT2D eigenvalue weighted by Gasteiger charge is 2.52. The number of carbonyl (C=O) groups excluding carboxylic acids is 3. The van der Waals surface area contributed by atoms with Gasteiger partial charge in [-0.1, -0.05) is 44.6 Å². The Balaban J connectivity index is 1.47. The minimum Gasteiger partial charge on any atom is -0.507 e. The standard InChI is InChI=1S/C30H40N2O4/c1-4-19-17(2)15-23-21(19)11-12-22-20-7-5-9-27(34)31-14-6-8-25-29(35)28(30(36)32(25)3)26(33)13-10-18(20)16-24(22)23/h5,9-13,17-25,33H,4,6-8,14-16H2,1-3H3,(H,31,34)/b9-5-,13-10-,28-26-/t17-,18-,19-,20+,21+,22-,23+,24+,25+/m1/s1. The van der Waals surface area contributed by atoms with Crippen LogP contribution in [0.3, 0.4) is 0 Å². The molecule has 3 aliphatic carbocycles. The molecule has 3 fully saturated rings. The number of fused-ring (bicyclic) bond motifs is 7. The van der Waals surface area contributed by atoms with Crippen LogP contribution in [-0.4, -0.2) is 47.2 Å². The van der Waals surface area contributed by atoms with Crippen LogP contribution >= 0.6 is 0 Å². The van der Waals surface area contributed by atoms with Gasteiger partial charge in [-0.2, -0.15) is 0 Å². The molecule has 0 spiro atoms. The van der Waals surface area contributed by atoms with Gasteiger partial charge in [0.25, 0.3) is 5.91 Å². The summed E-state index contributed by atoms with van der Waals surface area (Å²) in [7, 11) is 1.61. The van der Waals surface area contributed by atoms with E-state index in [4.69, 9.17) is 0 Å². The predicted octanol–water partition coefficient (Wildman–Crippen LogP) is 4.36. The molecule has 2 amide bonds. The number of Topliss-reactive ketones (excluding diaryl/α,β-unsaturated/α-hetero) is 1. The number of hydrogen-bond acceptors (Lipinski definition) is 4. The summed E-state index contributed by atoms with van der Waals surface area (Å²) in [6, 6.07) is -0.594. The highest BCUT2D eigenvalue weighted by molar-refractivity contribution is 6.26. The van der Waals surface area contributed by atoms with Gasteiger partial charge < -0.3 is 15.3 Å². The Morgan fingerprint density at radius 3 is 2.56 bits per heavy atom. The lowest BCUT2D eigenvalue weighted by Gasteiger charge is -2.35. The van der Waals surface area contributed by atoms with Crippen LogP contribution in [-0.2, 0) is 14.4 Å². The molecule has 2 N–H and O–H groups in total. The molecule has 0 aromatic heterocycles. The van der Waals surface area contributed by atoms with Gasteiger partial charge in [0, 0.05) is 13.6 Å². The predicted molar refractivity (Wildman–Crippen MR) is 139 cm³/mol. The van der Waals surface area contributed by atoms with Crippen molar-refractivity contribution in [1.29, 1.82) is 0 Å². The van der Waals surface area contributed by atoms with Gasteiger partial charge in [0.1, 0.15) is 11.3 Å². The van der Waals surface area contributed by atoms with Gasteiger partial charge in [-0.05, 0) is 91.6 Å². The number of rotatable bonds is 1. The van der Waals surface area contributed by atoms with E-state index in [0.29, 0.717) is 49.0 Å². The number of allylic oxidation sites excluding steroid dienone is 5. The zero-order valence-corrected chi connectivity index (χ0v) is 21.7. The van der Waals surface area contributed by atoms with E-state index in [-0.39, 0.29) is 28.9 Å². The van der Waals surface area contributed by atoms with Crippen LogP contribution in [0.5, 0.6) is 0 Å². The van der Waals surface area contributed by atoms with Crippen molar-refractivity contribution in [2.45, 2.75) is 58.4 Å². The molecule has 194 valence electrons. The molecule has 2 aliphatic heterocycles. The van der Waals surface area contributed by atoms with E-state index < -0.39 is 11.9 Å². The first-order valence-electron chi connectivity index (χ1n) is 13.9. The summed E-state index contributed by atoms with van der Waals surface area (Å²) in [5.41, 5.74) is -0.0999. The summed E-state index contributed by atoms with van der Waals surface area (Å²) >= 11 is 0. The molecule has 0 unspecified atom stereocenters. The van der Waals surface area contributed by atoms with Gasteiger partial charge in [-0.3, -0.25) is 14.4 Å². The van der Waals surface area contributed by atoms with Crippen LogP contribution in [0.15, 0.2) is 47.8 Å². The number of hydrogen-bond donors (Lipinski definition) is 2. The number of likely N-dealkylation sites (tertiary alicyclic amines) is 1. The van der Waals surface area contributed by atoms with Gasteiger partial charge in [-0.15, -0.1) is 0 Å². The second-order valence-electron chi connectivity index (χ2n) is 11.7. The molecule has 0 aromatic carbocycles. The fourth-order valence-electron chi connectivity index (χ4n) is 8.21. The molecule has 9 atom stereocenters. The summed E-state index contributed by atoms with van der Waals surface area (Å²) in [5, 5.41) is 13.8. The third-order valence-electron chi connectivity index (χ3n) is 9.96. The smallest absolute Gasteiger partial charge is 0.261 e. The Morgan fingerprint density at radius 1 is 1.03 bits per heavy atom. The highest BCUT2D eigenvalue weighted by atomic mass is 16.3. The van der Waals surface area contributed by atoms with Crippen molar-refractivity contribution in [3.05, 3.63) is 47.8 Å². The summed E-state index contributed by atoms with van der Waals surface area (Å²) in [4.78, 5) is 39.7. The molecule has 2 heterocycles. The second kappa shape index (κ2) is 10.0. The van der Waals surface area contributed by atoms with Crippen LogP contribution in [0.25, 0.3) is 0 Å². The minimum atomic E-state index is -0.594. The maximum atomic E-state index is 13.0. The summed E-state index contributed by atoms with van der Waals surface area (Å²) < 4.78 is 0. The van der Waals surface area contributed by atoms with Crippen molar-refractivity contribution in [3.8, 4) is 0 Å². The van der Waals surface area contributed by atoms with E-state index >= 15 is 0 Å². The van der Waals surface area contributed by atoms with Crippen LogP contribution in [0.4, 0.5) is 0 Å². The highest BCUT2D eigenvalue weighted by Crippen LogP contribution is 2.59. The SMILES string of the molecule is CC[C@H]1[C@@H]2C=C[C@@H]3[C@H]4C/C=C\C(=O)NCCC[C@H]5C(=O)/C(=C(O)\C=C/[C@@H]4C[C@@H]3[C@H]2C[C@H]1C)C(=O)N5C. The summed E-state index contributed by atoms with van der Waals surface area (Å²) in [6.45, 7) is 5.15. The zero-order valence-electron chi connectivity index (χ0n) is 21.7. The van der Waals surface area contributed by atoms with E-state index in [1.807, 2.05) is 12.2 Å². The summed E-state index contributed by atoms with van der Waals surface area (Å²) in [6.07, 6.45) is 17.5. The molecule has 0 aromatic rings. The Hall–Kier alpha value is -2.63. The number of aliphatic hydroxyl groups excluding tert-OH is 1. The van der Waals surface area contributed by atoms with E-state index in [0.717, 1.165) is 24.7 Å². The first-order chi connectivity index (χ1) is 17.3. The van der Waals surface area contributed by atoms with Crippen molar-refractivity contribution >= 4 is 17.6 Å². The maximum absolute atomic E-state index is 13.0. The molecule has 2 bridgehead atoms. The quantitative estimate of drug-likeness (QED) is 0.421.